The Morgan fingerprint density at radius 2 is 1.69 bits per heavy atom. The zero-order valence-corrected chi connectivity index (χ0v) is 20.1. The molecule has 3 aromatic carbocycles. The Kier molecular flexibility index (Phi) is 7.11. The number of hydrogen-bond donors (Lipinski definition) is 1. The van der Waals surface area contributed by atoms with Gasteiger partial charge in [0.1, 0.15) is 5.82 Å². The van der Waals surface area contributed by atoms with Crippen LogP contribution >= 0.6 is 11.9 Å². The Balaban J connectivity index is 1.19. The summed E-state index contributed by atoms with van der Waals surface area (Å²) in [6, 6.07) is 18.1. The van der Waals surface area contributed by atoms with E-state index in [2.05, 4.69) is 9.71 Å². The standard InChI is InChI=1S/C27H23F3N4OS/c28-21-7-1-5-20(25(21)30)17-33-12-14-34(15-13-33)27(35)19-9-10-23(22(29)16-19)32-36-24-8-2-4-18-6-3-11-31-26(18)24/h1-11,16,32H,12-15,17H2. The number of nitrogens with one attached hydrogen (secondary N) is 1. The molecule has 1 aromatic heterocycles. The number of carbonyl (C=O) groups is 1. The lowest BCUT2D eigenvalue weighted by atomic mass is 10.1. The van der Waals surface area contributed by atoms with Gasteiger partial charge in [0, 0.05) is 55.4 Å². The van der Waals surface area contributed by atoms with E-state index in [1.165, 1.54) is 24.1 Å². The summed E-state index contributed by atoms with van der Waals surface area (Å²) in [5, 5.41) is 0.992. The van der Waals surface area contributed by atoms with Gasteiger partial charge in [-0.15, -0.1) is 0 Å². The summed E-state index contributed by atoms with van der Waals surface area (Å²) in [5.41, 5.74) is 1.65. The van der Waals surface area contributed by atoms with E-state index in [4.69, 9.17) is 0 Å². The van der Waals surface area contributed by atoms with Gasteiger partial charge in [0.05, 0.1) is 16.1 Å². The number of para-hydroxylation sites is 1. The van der Waals surface area contributed by atoms with E-state index in [1.807, 2.05) is 35.2 Å². The van der Waals surface area contributed by atoms with Gasteiger partial charge in [-0.2, -0.15) is 0 Å². The lowest BCUT2D eigenvalue weighted by Gasteiger charge is -2.34. The van der Waals surface area contributed by atoms with Crippen molar-refractivity contribution >= 4 is 34.4 Å². The monoisotopic (exact) mass is 508 g/mol. The van der Waals surface area contributed by atoms with Gasteiger partial charge in [-0.25, -0.2) is 13.2 Å². The highest BCUT2D eigenvalue weighted by Crippen LogP contribution is 2.29. The smallest absolute Gasteiger partial charge is 0.254 e. The molecule has 5 rings (SSSR count). The van der Waals surface area contributed by atoms with Gasteiger partial charge in [-0.05, 0) is 48.3 Å². The van der Waals surface area contributed by atoms with Crippen molar-refractivity contribution in [2.75, 3.05) is 30.9 Å². The molecule has 184 valence electrons. The summed E-state index contributed by atoms with van der Waals surface area (Å²) >= 11 is 1.26. The summed E-state index contributed by atoms with van der Waals surface area (Å²) in [4.78, 5) is 21.8. The van der Waals surface area contributed by atoms with Crippen molar-refractivity contribution in [3.05, 3.63) is 102 Å². The molecule has 1 N–H and O–H groups in total. The van der Waals surface area contributed by atoms with Crippen LogP contribution in [-0.4, -0.2) is 46.9 Å². The fraction of sp³-hybridized carbons (Fsp3) is 0.185. The maximum atomic E-state index is 14.8. The normalized spacial score (nSPS) is 14.2. The largest absolute Gasteiger partial charge is 0.336 e. The fourth-order valence-electron chi connectivity index (χ4n) is 4.20. The van der Waals surface area contributed by atoms with Crippen LogP contribution in [0.4, 0.5) is 18.9 Å². The van der Waals surface area contributed by atoms with Crippen LogP contribution in [-0.2, 0) is 6.54 Å². The first kappa shape index (κ1) is 24.1. The minimum atomic E-state index is -0.867. The van der Waals surface area contributed by atoms with Gasteiger partial charge >= 0.3 is 0 Å². The third-order valence-corrected chi connectivity index (χ3v) is 7.04. The minimum Gasteiger partial charge on any atom is -0.336 e. The summed E-state index contributed by atoms with van der Waals surface area (Å²) < 4.78 is 45.3. The van der Waals surface area contributed by atoms with E-state index in [1.54, 1.807) is 29.3 Å². The molecular weight excluding hydrogens is 485 g/mol. The average Bonchev–Trinajstić information content (AvgIpc) is 2.90. The molecule has 9 heteroatoms. The molecule has 4 aromatic rings. The molecule has 1 aliphatic heterocycles. The summed E-state index contributed by atoms with van der Waals surface area (Å²) in [6.45, 7) is 2.13. The van der Waals surface area contributed by atoms with Crippen LogP contribution in [0, 0.1) is 17.5 Å². The molecule has 0 bridgehead atoms. The van der Waals surface area contributed by atoms with E-state index in [9.17, 15) is 18.0 Å². The van der Waals surface area contributed by atoms with Crippen molar-refractivity contribution in [3.63, 3.8) is 0 Å². The fourth-order valence-corrected chi connectivity index (χ4v) is 5.00. The van der Waals surface area contributed by atoms with Crippen LogP contribution in [0.1, 0.15) is 15.9 Å². The van der Waals surface area contributed by atoms with Crippen molar-refractivity contribution in [1.82, 2.24) is 14.8 Å². The van der Waals surface area contributed by atoms with Gasteiger partial charge in [0.25, 0.3) is 5.91 Å². The van der Waals surface area contributed by atoms with Gasteiger partial charge in [0.2, 0.25) is 0 Å². The summed E-state index contributed by atoms with van der Waals surface area (Å²) in [7, 11) is 0. The molecule has 1 aliphatic rings. The van der Waals surface area contributed by atoms with Crippen LogP contribution in [0.25, 0.3) is 10.9 Å². The maximum Gasteiger partial charge on any atom is 0.254 e. The third-order valence-electron chi connectivity index (χ3n) is 6.17. The number of piperazine rings is 1. The highest BCUT2D eigenvalue weighted by molar-refractivity contribution is 8.00. The predicted molar refractivity (Wildman–Crippen MR) is 135 cm³/mol. The number of carbonyl (C=O) groups excluding carboxylic acids is 1. The Morgan fingerprint density at radius 3 is 2.50 bits per heavy atom. The van der Waals surface area contributed by atoms with Gasteiger partial charge < -0.3 is 9.62 Å². The SMILES string of the molecule is O=C(c1ccc(NSc2cccc3cccnc23)c(F)c1)N1CCN(Cc2cccc(F)c2F)CC1. The lowest BCUT2D eigenvalue weighted by Crippen LogP contribution is -2.48. The van der Waals surface area contributed by atoms with Crippen molar-refractivity contribution in [2.24, 2.45) is 0 Å². The lowest BCUT2D eigenvalue weighted by molar-refractivity contribution is 0.0626. The highest BCUT2D eigenvalue weighted by Gasteiger charge is 2.24. The Morgan fingerprint density at radius 1 is 0.917 bits per heavy atom. The second-order valence-electron chi connectivity index (χ2n) is 8.51. The highest BCUT2D eigenvalue weighted by atomic mass is 32.2. The Bertz CT molecular complexity index is 1400. The summed E-state index contributed by atoms with van der Waals surface area (Å²) in [6.07, 6.45) is 1.72. The van der Waals surface area contributed by atoms with E-state index in [0.717, 1.165) is 21.9 Å². The van der Waals surface area contributed by atoms with E-state index in [0.29, 0.717) is 26.2 Å². The molecule has 0 spiro atoms. The number of hydrogen-bond acceptors (Lipinski definition) is 5. The quantitative estimate of drug-likeness (QED) is 0.337. The number of amides is 1. The van der Waals surface area contributed by atoms with Crippen LogP contribution in [0.2, 0.25) is 0 Å². The molecule has 1 saturated heterocycles. The molecule has 1 fully saturated rings. The number of rotatable bonds is 6. The van der Waals surface area contributed by atoms with Gasteiger partial charge in [0.15, 0.2) is 11.6 Å². The number of halogens is 3. The number of pyridine rings is 1. The molecule has 0 aliphatic carbocycles. The third kappa shape index (κ3) is 5.17. The number of nitrogens with zero attached hydrogens (tertiary/aromatic N) is 3. The van der Waals surface area contributed by atoms with Crippen LogP contribution < -0.4 is 4.72 Å². The van der Waals surface area contributed by atoms with Crippen molar-refractivity contribution < 1.29 is 18.0 Å². The first-order valence-corrected chi connectivity index (χ1v) is 12.3. The Hall–Kier alpha value is -3.56. The number of benzene rings is 3. The number of fused-ring (bicyclic) bond motifs is 1. The maximum absolute atomic E-state index is 14.8. The van der Waals surface area contributed by atoms with Crippen LogP contribution in [0.15, 0.2) is 77.8 Å². The average molecular weight is 509 g/mol. The zero-order chi connectivity index (χ0) is 25.1. The van der Waals surface area contributed by atoms with E-state index < -0.39 is 17.5 Å². The first-order chi connectivity index (χ1) is 17.5. The van der Waals surface area contributed by atoms with Gasteiger partial charge in [-0.3, -0.25) is 14.7 Å². The predicted octanol–water partition coefficient (Wildman–Crippen LogP) is 5.73. The zero-order valence-electron chi connectivity index (χ0n) is 19.3. The van der Waals surface area contributed by atoms with Crippen LogP contribution in [0.5, 0.6) is 0 Å². The molecule has 0 unspecified atom stereocenters. The number of anilines is 1. The molecule has 2 heterocycles. The number of aromatic nitrogens is 1. The van der Waals surface area contributed by atoms with E-state index >= 15 is 0 Å². The second kappa shape index (κ2) is 10.6. The minimum absolute atomic E-state index is 0.261. The van der Waals surface area contributed by atoms with Crippen molar-refractivity contribution in [1.29, 1.82) is 0 Å². The molecular formula is C27H23F3N4OS. The molecule has 5 nitrogen and oxygen atoms in total. The summed E-state index contributed by atoms with van der Waals surface area (Å²) in [5.74, 6) is -2.49. The van der Waals surface area contributed by atoms with Crippen molar-refractivity contribution in [3.8, 4) is 0 Å². The van der Waals surface area contributed by atoms with Crippen molar-refractivity contribution in [2.45, 2.75) is 11.4 Å². The molecule has 0 saturated carbocycles. The van der Waals surface area contributed by atoms with Crippen LogP contribution in [0.3, 0.4) is 0 Å². The van der Waals surface area contributed by atoms with E-state index in [-0.39, 0.29) is 29.3 Å². The first-order valence-electron chi connectivity index (χ1n) is 11.5. The topological polar surface area (TPSA) is 48.5 Å². The Labute approximate surface area is 211 Å². The van der Waals surface area contributed by atoms with Gasteiger partial charge in [-0.1, -0.05) is 30.3 Å². The molecule has 36 heavy (non-hydrogen) atoms. The molecule has 0 radical (unpaired) electrons. The second-order valence-corrected chi connectivity index (χ2v) is 9.36. The molecule has 0 atom stereocenters. The molecule has 1 amide bonds.